The molecular weight excluding hydrogens is 244 g/mol. The first-order chi connectivity index (χ1) is 8.72. The van der Waals surface area contributed by atoms with Gasteiger partial charge in [0.1, 0.15) is 11.6 Å². The Morgan fingerprint density at radius 3 is 2.72 bits per heavy atom. The number of nitriles is 1. The highest BCUT2D eigenvalue weighted by Gasteiger charge is 2.20. The van der Waals surface area contributed by atoms with E-state index in [4.69, 9.17) is 5.26 Å². The first-order valence-corrected chi connectivity index (χ1v) is 7.05. The lowest BCUT2D eigenvalue weighted by atomic mass is 10.1. The molecular formula is C14H16N2OS. The van der Waals surface area contributed by atoms with Crippen molar-refractivity contribution < 1.29 is 4.79 Å². The molecule has 0 bridgehead atoms. The Morgan fingerprint density at radius 1 is 1.44 bits per heavy atom. The van der Waals surface area contributed by atoms with Crippen LogP contribution >= 0.6 is 11.3 Å². The summed E-state index contributed by atoms with van der Waals surface area (Å²) in [4.78, 5) is 15.0. The van der Waals surface area contributed by atoms with E-state index in [1.807, 2.05) is 24.4 Å². The van der Waals surface area contributed by atoms with E-state index >= 15 is 0 Å². The second-order valence-corrected chi connectivity index (χ2v) is 5.44. The van der Waals surface area contributed by atoms with Gasteiger partial charge in [0.05, 0.1) is 0 Å². The third-order valence-electron chi connectivity index (χ3n) is 3.17. The summed E-state index contributed by atoms with van der Waals surface area (Å²) in [6.45, 7) is 3.55. The second kappa shape index (κ2) is 5.83. The number of likely N-dealkylation sites (tertiary alicyclic amines) is 1. The fourth-order valence-corrected chi connectivity index (χ4v) is 2.93. The molecule has 1 aromatic rings. The van der Waals surface area contributed by atoms with Gasteiger partial charge < -0.3 is 4.90 Å². The van der Waals surface area contributed by atoms with Crippen LogP contribution in [0.2, 0.25) is 0 Å². The number of carbonyl (C=O) groups excluding carboxylic acids is 1. The molecule has 2 rings (SSSR count). The smallest absolute Gasteiger partial charge is 0.264 e. The quantitative estimate of drug-likeness (QED) is 0.606. The van der Waals surface area contributed by atoms with Crippen molar-refractivity contribution in [1.82, 2.24) is 4.90 Å². The van der Waals surface area contributed by atoms with E-state index in [1.54, 1.807) is 22.3 Å². The van der Waals surface area contributed by atoms with Gasteiger partial charge in [-0.15, -0.1) is 11.3 Å². The molecule has 0 saturated carbocycles. The summed E-state index contributed by atoms with van der Waals surface area (Å²) >= 11 is 1.56. The van der Waals surface area contributed by atoms with Gasteiger partial charge in [0, 0.05) is 18.0 Å². The molecule has 94 valence electrons. The Bertz CT molecular complexity index is 504. The van der Waals surface area contributed by atoms with Crippen LogP contribution in [0.1, 0.15) is 29.7 Å². The van der Waals surface area contributed by atoms with Gasteiger partial charge >= 0.3 is 0 Å². The molecule has 0 radical (unpaired) electrons. The summed E-state index contributed by atoms with van der Waals surface area (Å²) in [5.41, 5.74) is 1.36. The van der Waals surface area contributed by atoms with Crippen molar-refractivity contribution in [1.29, 1.82) is 5.26 Å². The van der Waals surface area contributed by atoms with E-state index in [0.717, 1.165) is 36.4 Å². The lowest BCUT2D eigenvalue weighted by molar-refractivity contribution is -0.127. The van der Waals surface area contributed by atoms with Gasteiger partial charge in [0.15, 0.2) is 0 Å². The topological polar surface area (TPSA) is 44.1 Å². The number of amides is 1. The average Bonchev–Trinajstić information content (AvgIpc) is 2.81. The van der Waals surface area contributed by atoms with Gasteiger partial charge in [-0.05, 0) is 49.3 Å². The van der Waals surface area contributed by atoms with Crippen LogP contribution in [0.5, 0.6) is 0 Å². The molecule has 1 aliphatic rings. The standard InChI is InChI=1S/C14H16N2OS/c1-11-5-8-18-13(11)9-12(10-15)14(17)16-6-3-2-4-7-16/h5,8-9H,2-4,6-7H2,1H3/b12-9-. The number of hydrogen-bond donors (Lipinski definition) is 0. The minimum atomic E-state index is -0.120. The Morgan fingerprint density at radius 2 is 2.17 bits per heavy atom. The predicted molar refractivity (Wildman–Crippen MR) is 73.1 cm³/mol. The molecule has 0 spiro atoms. The van der Waals surface area contributed by atoms with Crippen LogP contribution in [0.3, 0.4) is 0 Å². The summed E-state index contributed by atoms with van der Waals surface area (Å²) < 4.78 is 0. The van der Waals surface area contributed by atoms with Crippen LogP contribution in [0, 0.1) is 18.3 Å². The minimum absolute atomic E-state index is 0.120. The van der Waals surface area contributed by atoms with Crippen molar-refractivity contribution in [3.8, 4) is 6.07 Å². The zero-order valence-corrected chi connectivity index (χ0v) is 11.3. The molecule has 0 aliphatic carbocycles. The van der Waals surface area contributed by atoms with E-state index in [-0.39, 0.29) is 11.5 Å². The largest absolute Gasteiger partial charge is 0.338 e. The highest BCUT2D eigenvalue weighted by Crippen LogP contribution is 2.20. The zero-order chi connectivity index (χ0) is 13.0. The van der Waals surface area contributed by atoms with Crippen LogP contribution in [-0.4, -0.2) is 23.9 Å². The fourth-order valence-electron chi connectivity index (χ4n) is 2.07. The van der Waals surface area contributed by atoms with E-state index in [0.29, 0.717) is 0 Å². The average molecular weight is 260 g/mol. The van der Waals surface area contributed by atoms with Gasteiger partial charge in [0.2, 0.25) is 0 Å². The number of aryl methyl sites for hydroxylation is 1. The van der Waals surface area contributed by atoms with Gasteiger partial charge in [0.25, 0.3) is 5.91 Å². The first-order valence-electron chi connectivity index (χ1n) is 6.17. The number of thiophene rings is 1. The molecule has 18 heavy (non-hydrogen) atoms. The predicted octanol–water partition coefficient (Wildman–Crippen LogP) is 2.98. The van der Waals surface area contributed by atoms with Crippen LogP contribution in [0.15, 0.2) is 17.0 Å². The van der Waals surface area contributed by atoms with Crippen LogP contribution in [0.25, 0.3) is 6.08 Å². The molecule has 1 aliphatic heterocycles. The molecule has 0 unspecified atom stereocenters. The lowest BCUT2D eigenvalue weighted by Gasteiger charge is -2.26. The molecule has 1 aromatic heterocycles. The molecule has 3 nitrogen and oxygen atoms in total. The highest BCUT2D eigenvalue weighted by molar-refractivity contribution is 7.11. The summed E-state index contributed by atoms with van der Waals surface area (Å²) in [5, 5.41) is 11.1. The van der Waals surface area contributed by atoms with Crippen molar-refractivity contribution in [3.63, 3.8) is 0 Å². The van der Waals surface area contributed by atoms with E-state index in [1.165, 1.54) is 6.42 Å². The van der Waals surface area contributed by atoms with Gasteiger partial charge in [-0.25, -0.2) is 0 Å². The number of carbonyl (C=O) groups is 1. The fraction of sp³-hybridized carbons (Fsp3) is 0.429. The number of rotatable bonds is 2. The Hall–Kier alpha value is -1.60. The van der Waals surface area contributed by atoms with E-state index in [9.17, 15) is 4.79 Å². The molecule has 1 fully saturated rings. The highest BCUT2D eigenvalue weighted by atomic mass is 32.1. The van der Waals surface area contributed by atoms with Gasteiger partial charge in [-0.3, -0.25) is 4.79 Å². The van der Waals surface area contributed by atoms with Crippen molar-refractivity contribution in [2.75, 3.05) is 13.1 Å². The Balaban J connectivity index is 2.18. The van der Waals surface area contributed by atoms with Crippen LogP contribution in [-0.2, 0) is 4.79 Å². The maximum atomic E-state index is 12.2. The van der Waals surface area contributed by atoms with Gasteiger partial charge in [-0.2, -0.15) is 5.26 Å². The molecule has 4 heteroatoms. The summed E-state index contributed by atoms with van der Waals surface area (Å²) in [6.07, 6.45) is 4.99. The van der Waals surface area contributed by atoms with Crippen molar-refractivity contribution in [2.45, 2.75) is 26.2 Å². The van der Waals surface area contributed by atoms with Gasteiger partial charge in [-0.1, -0.05) is 0 Å². The maximum Gasteiger partial charge on any atom is 0.264 e. The lowest BCUT2D eigenvalue weighted by Crippen LogP contribution is -2.36. The van der Waals surface area contributed by atoms with Crippen LogP contribution < -0.4 is 0 Å². The summed E-state index contributed by atoms with van der Waals surface area (Å²) in [5.74, 6) is -0.120. The number of piperidine rings is 1. The van der Waals surface area contributed by atoms with E-state index in [2.05, 4.69) is 0 Å². The number of hydrogen-bond acceptors (Lipinski definition) is 3. The third kappa shape index (κ3) is 2.80. The molecule has 0 aromatic carbocycles. The third-order valence-corrected chi connectivity index (χ3v) is 4.14. The SMILES string of the molecule is Cc1ccsc1/C=C(/C#N)C(=O)N1CCCCC1. The molecule has 1 saturated heterocycles. The molecule has 0 atom stereocenters. The molecule has 2 heterocycles. The Labute approximate surface area is 111 Å². The normalized spacial score (nSPS) is 16.4. The molecule has 1 amide bonds. The Kier molecular flexibility index (Phi) is 4.16. The van der Waals surface area contributed by atoms with Crippen molar-refractivity contribution in [3.05, 3.63) is 27.5 Å². The first kappa shape index (κ1) is 12.8. The summed E-state index contributed by atoms with van der Waals surface area (Å²) in [7, 11) is 0. The van der Waals surface area contributed by atoms with Crippen LogP contribution in [0.4, 0.5) is 0 Å². The molecule has 0 N–H and O–H groups in total. The van der Waals surface area contributed by atoms with Crippen molar-refractivity contribution in [2.24, 2.45) is 0 Å². The summed E-state index contributed by atoms with van der Waals surface area (Å²) in [6, 6.07) is 4.04. The second-order valence-electron chi connectivity index (χ2n) is 4.49. The zero-order valence-electron chi connectivity index (χ0n) is 10.5. The maximum absolute atomic E-state index is 12.2. The van der Waals surface area contributed by atoms with E-state index < -0.39 is 0 Å². The minimum Gasteiger partial charge on any atom is -0.338 e. The monoisotopic (exact) mass is 260 g/mol. The van der Waals surface area contributed by atoms with Crippen molar-refractivity contribution >= 4 is 23.3 Å². The number of nitrogens with zero attached hydrogens (tertiary/aromatic N) is 2.